The Hall–Kier alpha value is -1.14. The van der Waals surface area contributed by atoms with Gasteiger partial charge in [0, 0.05) is 11.2 Å². The summed E-state index contributed by atoms with van der Waals surface area (Å²) in [5.74, 6) is 0.587. The lowest BCUT2D eigenvalue weighted by molar-refractivity contribution is -0.190. The van der Waals surface area contributed by atoms with E-state index in [1.165, 1.54) is 41.6 Å². The first-order chi connectivity index (χ1) is 11.1. The topological polar surface area (TPSA) is 35.9 Å². The molecule has 4 aliphatic rings. The van der Waals surface area contributed by atoms with Crippen molar-refractivity contribution in [2.45, 2.75) is 31.8 Å². The van der Waals surface area contributed by atoms with Crippen LogP contribution in [0.4, 0.5) is 5.00 Å². The summed E-state index contributed by atoms with van der Waals surface area (Å²) in [6, 6.07) is 8.73. The van der Waals surface area contributed by atoms with Crippen molar-refractivity contribution in [1.82, 2.24) is 4.90 Å². The van der Waals surface area contributed by atoms with Gasteiger partial charge in [0.25, 0.3) is 0 Å². The van der Waals surface area contributed by atoms with Crippen molar-refractivity contribution in [2.24, 2.45) is 5.92 Å². The van der Waals surface area contributed by atoms with Crippen LogP contribution in [0.1, 0.15) is 18.4 Å². The fourth-order valence-electron chi connectivity index (χ4n) is 4.59. The lowest BCUT2D eigenvalue weighted by atomic mass is 9.75. The predicted octanol–water partition coefficient (Wildman–Crippen LogP) is 2.79. The quantitative estimate of drug-likeness (QED) is 0.872. The summed E-state index contributed by atoms with van der Waals surface area (Å²) >= 11 is 1.75. The van der Waals surface area contributed by atoms with Gasteiger partial charge in [0.15, 0.2) is 0 Å². The second-order valence-corrected chi connectivity index (χ2v) is 8.38. The number of fused-ring (bicyclic) bond motifs is 3. The number of nitrogens with zero attached hydrogens (tertiary/aromatic N) is 2. The van der Waals surface area contributed by atoms with Crippen molar-refractivity contribution in [3.05, 3.63) is 29.8 Å². The maximum absolute atomic E-state index is 10.6. The van der Waals surface area contributed by atoms with E-state index in [1.807, 2.05) is 0 Å². The molecule has 6 rings (SSSR count). The van der Waals surface area contributed by atoms with Gasteiger partial charge in [0.1, 0.15) is 5.60 Å². The molecular formula is C18H22N2O2S. The molecule has 4 aliphatic heterocycles. The Balaban J connectivity index is 1.48. The van der Waals surface area contributed by atoms with Gasteiger partial charge in [0.2, 0.25) is 6.41 Å². The van der Waals surface area contributed by atoms with Crippen molar-refractivity contribution >= 4 is 26.4 Å². The predicted molar refractivity (Wildman–Crippen MR) is 92.9 cm³/mol. The summed E-state index contributed by atoms with van der Waals surface area (Å²) in [7, 11) is 0. The van der Waals surface area contributed by atoms with Gasteiger partial charge in [-0.25, -0.2) is 0 Å². The van der Waals surface area contributed by atoms with Crippen LogP contribution < -0.4 is 4.90 Å². The van der Waals surface area contributed by atoms with Crippen LogP contribution in [0.5, 0.6) is 0 Å². The number of aliphatic hydroxyl groups is 1. The Morgan fingerprint density at radius 3 is 2.78 bits per heavy atom. The molecule has 0 amide bonds. The summed E-state index contributed by atoms with van der Waals surface area (Å²) < 4.78 is 7.43. The van der Waals surface area contributed by atoms with E-state index in [1.54, 1.807) is 11.3 Å². The van der Waals surface area contributed by atoms with Crippen molar-refractivity contribution in [2.75, 3.05) is 31.1 Å². The lowest BCUT2D eigenvalue weighted by Crippen LogP contribution is -2.61. The highest BCUT2D eigenvalue weighted by atomic mass is 32.1. The molecule has 4 saturated heterocycles. The van der Waals surface area contributed by atoms with Crippen molar-refractivity contribution in [3.8, 4) is 0 Å². The molecule has 0 aliphatic carbocycles. The van der Waals surface area contributed by atoms with Gasteiger partial charge < -0.3 is 19.6 Å². The molecule has 23 heavy (non-hydrogen) atoms. The fourth-order valence-corrected chi connectivity index (χ4v) is 5.65. The summed E-state index contributed by atoms with van der Waals surface area (Å²) in [6.45, 7) is 6.27. The molecule has 1 spiro atoms. The Kier molecular flexibility index (Phi) is 3.05. The molecule has 0 radical (unpaired) electrons. The average Bonchev–Trinajstić information content (AvgIpc) is 3.09. The number of aryl methyl sites for hydroxylation is 1. The van der Waals surface area contributed by atoms with Gasteiger partial charge in [-0.3, -0.25) is 0 Å². The second-order valence-electron chi connectivity index (χ2n) is 7.31. The standard InChI is InChI=1S/C18H22N2O2S/c1-12-2-3-15-13(8-12)9-16(23-15)20-11-18(22-17(20)21)10-19-6-4-14(18)5-7-19/h2-3,8-9,14,17,21H,4-7,10-11H2,1H3/t17?,18-/m1/s1. The summed E-state index contributed by atoms with van der Waals surface area (Å²) in [5, 5.41) is 12.9. The maximum atomic E-state index is 10.6. The van der Waals surface area contributed by atoms with Gasteiger partial charge in [-0.15, -0.1) is 11.3 Å². The molecule has 1 aromatic heterocycles. The minimum absolute atomic E-state index is 0.179. The fraction of sp³-hybridized carbons (Fsp3) is 0.556. The third kappa shape index (κ3) is 2.14. The highest BCUT2D eigenvalue weighted by Gasteiger charge is 2.54. The van der Waals surface area contributed by atoms with Gasteiger partial charge in [-0.1, -0.05) is 17.7 Å². The highest BCUT2D eigenvalue weighted by Crippen LogP contribution is 2.45. The molecular weight excluding hydrogens is 308 g/mol. The lowest BCUT2D eigenvalue weighted by Gasteiger charge is -2.50. The Bertz CT molecular complexity index is 753. The number of ether oxygens (including phenoxy) is 1. The zero-order valence-electron chi connectivity index (χ0n) is 13.4. The molecule has 4 fully saturated rings. The van der Waals surface area contributed by atoms with E-state index >= 15 is 0 Å². The summed E-state index contributed by atoms with van der Waals surface area (Å²) in [5.41, 5.74) is 1.09. The van der Waals surface area contributed by atoms with Gasteiger partial charge in [0.05, 0.1) is 11.5 Å². The number of hydrogen-bond donors (Lipinski definition) is 1. The third-order valence-electron chi connectivity index (χ3n) is 5.81. The van der Waals surface area contributed by atoms with Crippen LogP contribution in [-0.2, 0) is 4.74 Å². The SMILES string of the molecule is Cc1ccc2sc(N3C[C@@]4(CN5CCC4CC5)OC3O)cc2c1. The first-order valence-corrected chi connectivity index (χ1v) is 9.30. The van der Waals surface area contributed by atoms with Gasteiger partial charge in [-0.05, 0) is 56.3 Å². The summed E-state index contributed by atoms with van der Waals surface area (Å²) in [4.78, 5) is 4.55. The Morgan fingerprint density at radius 1 is 1.22 bits per heavy atom. The summed E-state index contributed by atoms with van der Waals surface area (Å²) in [6.07, 6.45) is 1.59. The number of piperidine rings is 3. The first-order valence-electron chi connectivity index (χ1n) is 8.48. The Morgan fingerprint density at radius 2 is 2.04 bits per heavy atom. The van der Waals surface area contributed by atoms with Crippen LogP contribution in [0.3, 0.4) is 0 Å². The van der Waals surface area contributed by atoms with Crippen molar-refractivity contribution in [3.63, 3.8) is 0 Å². The molecule has 0 saturated carbocycles. The van der Waals surface area contributed by atoms with Crippen LogP contribution in [0.25, 0.3) is 10.1 Å². The zero-order valence-corrected chi connectivity index (χ0v) is 14.2. The number of thiophene rings is 1. The number of aliphatic hydroxyl groups excluding tert-OH is 1. The molecule has 5 heterocycles. The van der Waals surface area contributed by atoms with Crippen molar-refractivity contribution in [1.29, 1.82) is 0 Å². The molecule has 2 atom stereocenters. The average molecular weight is 330 g/mol. The first kappa shape index (κ1) is 14.2. The maximum Gasteiger partial charge on any atom is 0.239 e. The van der Waals surface area contributed by atoms with Crippen molar-refractivity contribution < 1.29 is 9.84 Å². The van der Waals surface area contributed by atoms with Crippen LogP contribution >= 0.6 is 11.3 Å². The second kappa shape index (κ2) is 4.93. The molecule has 4 nitrogen and oxygen atoms in total. The molecule has 5 heteroatoms. The number of benzene rings is 1. The Labute approximate surface area is 140 Å². The molecule has 1 aromatic carbocycles. The van der Waals surface area contributed by atoms with E-state index in [0.29, 0.717) is 5.92 Å². The molecule has 1 unspecified atom stereocenters. The number of hydrogen-bond acceptors (Lipinski definition) is 5. The van der Waals surface area contributed by atoms with E-state index in [2.05, 4.69) is 41.0 Å². The van der Waals surface area contributed by atoms with Gasteiger partial charge in [-0.2, -0.15) is 0 Å². The van der Waals surface area contributed by atoms with E-state index in [4.69, 9.17) is 4.74 Å². The third-order valence-corrected chi connectivity index (χ3v) is 6.96. The molecule has 2 aromatic rings. The largest absolute Gasteiger partial charge is 0.351 e. The number of anilines is 1. The van der Waals surface area contributed by atoms with Crippen LogP contribution in [0.2, 0.25) is 0 Å². The minimum Gasteiger partial charge on any atom is -0.351 e. The van der Waals surface area contributed by atoms with Crippen LogP contribution in [0.15, 0.2) is 24.3 Å². The minimum atomic E-state index is -0.815. The van der Waals surface area contributed by atoms with Gasteiger partial charge >= 0.3 is 0 Å². The zero-order chi connectivity index (χ0) is 15.6. The molecule has 2 bridgehead atoms. The smallest absolute Gasteiger partial charge is 0.239 e. The molecule has 1 N–H and O–H groups in total. The van der Waals surface area contributed by atoms with E-state index < -0.39 is 6.41 Å². The monoisotopic (exact) mass is 330 g/mol. The van der Waals surface area contributed by atoms with Crippen LogP contribution in [-0.4, -0.2) is 48.2 Å². The normalized spacial score (nSPS) is 36.4. The highest BCUT2D eigenvalue weighted by molar-refractivity contribution is 7.22. The van der Waals surface area contributed by atoms with E-state index in [0.717, 1.165) is 18.1 Å². The van der Waals surface area contributed by atoms with Crippen LogP contribution in [0, 0.1) is 12.8 Å². The van der Waals surface area contributed by atoms with E-state index in [9.17, 15) is 5.11 Å². The number of rotatable bonds is 1. The molecule has 122 valence electrons. The van der Waals surface area contributed by atoms with E-state index in [-0.39, 0.29) is 5.60 Å².